The summed E-state index contributed by atoms with van der Waals surface area (Å²) in [7, 11) is 0. The van der Waals surface area contributed by atoms with Crippen LogP contribution in [0.3, 0.4) is 0 Å². The predicted octanol–water partition coefficient (Wildman–Crippen LogP) is 11.6. The van der Waals surface area contributed by atoms with Gasteiger partial charge in [-0.15, -0.1) is 0 Å². The van der Waals surface area contributed by atoms with Gasteiger partial charge < -0.3 is 0 Å². The van der Waals surface area contributed by atoms with Gasteiger partial charge in [-0.2, -0.15) is 29.9 Å². The van der Waals surface area contributed by atoms with Gasteiger partial charge in [0, 0.05) is 53.9 Å². The number of pyridine rings is 6. The fourth-order valence-corrected chi connectivity index (χ4v) is 16.4. The van der Waals surface area contributed by atoms with Crippen LogP contribution in [-0.2, 0) is 0 Å². The van der Waals surface area contributed by atoms with Crippen LogP contribution in [0.5, 0.6) is 0 Å². The van der Waals surface area contributed by atoms with E-state index < -0.39 is 0 Å². The summed E-state index contributed by atoms with van der Waals surface area (Å²) in [5, 5.41) is 0. The zero-order valence-corrected chi connectivity index (χ0v) is 61.1. The Morgan fingerprint density at radius 3 is 0.718 bits per heavy atom. The molecule has 25 aromatic heterocycles. The van der Waals surface area contributed by atoms with Crippen LogP contribution in [0.25, 0.3) is 203 Å². The van der Waals surface area contributed by atoms with Crippen LogP contribution in [0.4, 0.5) is 0 Å². The first-order valence-electron chi connectivity index (χ1n) is 36.9. The number of hydrogen-bond acceptors (Lipinski definition) is 24. The first kappa shape index (κ1) is 63.4. The lowest BCUT2D eigenvalue weighted by atomic mass is 10.1. The normalized spacial score (nSPS) is 12.2. The molecule has 0 aliphatic heterocycles. The second kappa shape index (κ2) is 23.8. The Kier molecular flexibility index (Phi) is 12.9. The van der Waals surface area contributed by atoms with E-state index in [0.29, 0.717) is 68.5 Å². The fraction of sp³-hybridized carbons (Fsp3) is 0.0370. The molecule has 0 fully saturated rings. The quantitative estimate of drug-likeness (QED) is 0.158. The molecule has 25 heterocycles. The number of hydrogen-bond donors (Lipinski definition) is 0. The van der Waals surface area contributed by atoms with Crippen molar-refractivity contribution >= 4 is 169 Å². The first-order valence-corrected chi connectivity index (χ1v) is 36.9. The Labute approximate surface area is 649 Å². The van der Waals surface area contributed by atoms with Crippen molar-refractivity contribution in [2.24, 2.45) is 0 Å². The number of imidazole rings is 12. The summed E-state index contributed by atoms with van der Waals surface area (Å²) >= 11 is 0. The highest BCUT2D eigenvalue weighted by atomic mass is 15.4. The van der Waals surface area contributed by atoms with Gasteiger partial charge in [-0.25, -0.2) is 128 Å². The number of fused-ring (bicyclic) bond motifs is 42. The fourth-order valence-electron chi connectivity index (χ4n) is 16.4. The summed E-state index contributed by atoms with van der Waals surface area (Å²) in [6, 6.07) is 48.6. The molecular weight excluding hydrogens is 1480 g/mol. The third-order valence-corrected chi connectivity index (χ3v) is 21.2. The van der Waals surface area contributed by atoms with E-state index in [1.165, 1.54) is 19.0 Å². The van der Waals surface area contributed by atoms with E-state index in [0.717, 1.165) is 152 Å². The molecule has 0 atom stereocenters. The van der Waals surface area contributed by atoms with Crippen LogP contribution in [0.2, 0.25) is 0 Å². The van der Waals surface area contributed by atoms with Crippen molar-refractivity contribution < 1.29 is 0 Å². The van der Waals surface area contributed by atoms with Gasteiger partial charge in [-0.1, -0.05) is 91.0 Å². The molecule has 0 spiro atoms. The van der Waals surface area contributed by atoms with Gasteiger partial charge in [-0.3, -0.25) is 15.0 Å². The lowest BCUT2D eigenvalue weighted by Gasteiger charge is -2.11. The molecular formula is C81H48N36. The molecule has 0 radical (unpaired) electrons. The van der Waals surface area contributed by atoms with Crippen molar-refractivity contribution in [2.75, 3.05) is 0 Å². The third kappa shape index (κ3) is 8.91. The average molecular weight is 1530 g/mol. The number of benzene rings is 3. The van der Waals surface area contributed by atoms with E-state index in [-0.39, 0.29) is 0 Å². The standard InChI is InChI=1S/C30H24N6.2C18H9N9.C15H6N12/c1-19-25(22-13-7-4-8-14-22)34-28(31-19)35-26(23-15-9-5-10-16-23)20(2)33-30(35)36-27(21(3)32-29(34)36)24-17-11-6-12-18-24;1-4-19-7-13-10(1)22-16-25(13)17-23-12-3-6-21-9-15(12)27(17)18-24-11-2-5-20-8-14(11)26(16)18;1-4-10-13(19-7-1)22-16-25(10)17-23-14-11(5-2-8-20-14)27(17)18-24-15-12(26(16)18)6-3-9-21-15;1-7-10(19-4-16-1)22-13-25(7)14-23-11-8(2-17-5-20-11)27(14)15-24-12-9(26(13)15)3-18-6-21-12/h4-18H,1-3H3;2*1-9H;1-6H. The molecule has 36 nitrogen and oxygen atoms in total. The maximum Gasteiger partial charge on any atom is 0.227 e. The van der Waals surface area contributed by atoms with Gasteiger partial charge in [0.2, 0.25) is 69.3 Å². The van der Waals surface area contributed by atoms with Crippen LogP contribution >= 0.6 is 0 Å². The molecule has 28 aromatic rings. The van der Waals surface area contributed by atoms with Crippen LogP contribution < -0.4 is 0 Å². The van der Waals surface area contributed by atoms with E-state index in [1.54, 1.807) is 74.4 Å². The monoisotopic (exact) mass is 1520 g/mol. The average Bonchev–Trinajstić information content (AvgIpc) is 1.42. The van der Waals surface area contributed by atoms with Crippen molar-refractivity contribution in [3.63, 3.8) is 0 Å². The minimum Gasteiger partial charge on any atom is -0.262 e. The van der Waals surface area contributed by atoms with E-state index in [4.69, 9.17) is 44.9 Å². The molecule has 3 aromatic carbocycles. The van der Waals surface area contributed by atoms with Gasteiger partial charge in [0.15, 0.2) is 33.9 Å². The molecule has 117 heavy (non-hydrogen) atoms. The maximum absolute atomic E-state index is 5.11. The molecule has 0 aliphatic rings. The summed E-state index contributed by atoms with van der Waals surface area (Å²) < 4.78 is 24.2. The Bertz CT molecular complexity index is 7490. The molecule has 0 saturated heterocycles. The molecule has 0 bridgehead atoms. The summed E-state index contributed by atoms with van der Waals surface area (Å²) in [6.45, 7) is 6.20. The third-order valence-electron chi connectivity index (χ3n) is 21.2. The Hall–Kier alpha value is -17.3. The highest BCUT2D eigenvalue weighted by Crippen LogP contribution is 2.37. The van der Waals surface area contributed by atoms with Crippen molar-refractivity contribution in [2.45, 2.75) is 20.8 Å². The second-order valence-corrected chi connectivity index (χ2v) is 27.7. The summed E-state index contributed by atoms with van der Waals surface area (Å²) in [5.41, 5.74) is 22.8. The maximum atomic E-state index is 5.11. The van der Waals surface area contributed by atoms with Gasteiger partial charge in [-0.05, 0) is 75.4 Å². The van der Waals surface area contributed by atoms with E-state index in [2.05, 4.69) is 182 Å². The lowest BCUT2D eigenvalue weighted by Crippen LogP contribution is -2.06. The number of aromatic nitrogens is 36. The van der Waals surface area contributed by atoms with Crippen molar-refractivity contribution in [1.82, 2.24) is 172 Å². The Morgan fingerprint density at radius 1 is 0.188 bits per heavy atom. The Balaban J connectivity index is 0.0000000878. The highest BCUT2D eigenvalue weighted by molar-refractivity contribution is 5.93. The molecule has 0 N–H and O–H groups in total. The van der Waals surface area contributed by atoms with Gasteiger partial charge >= 0.3 is 0 Å². The summed E-state index contributed by atoms with van der Waals surface area (Å²) in [4.78, 5) is 109. The lowest BCUT2D eigenvalue weighted by molar-refractivity contribution is 0.985. The highest BCUT2D eigenvalue weighted by Gasteiger charge is 2.30. The number of aryl methyl sites for hydroxylation is 3. The molecule has 36 heteroatoms. The predicted molar refractivity (Wildman–Crippen MR) is 432 cm³/mol. The first-order chi connectivity index (χ1) is 57.8. The van der Waals surface area contributed by atoms with Crippen LogP contribution in [0.15, 0.2) is 239 Å². The van der Waals surface area contributed by atoms with Crippen LogP contribution in [0, 0.1) is 20.8 Å². The largest absolute Gasteiger partial charge is 0.262 e. The zero-order valence-electron chi connectivity index (χ0n) is 61.1. The van der Waals surface area contributed by atoms with Gasteiger partial charge in [0.25, 0.3) is 0 Å². The van der Waals surface area contributed by atoms with Crippen molar-refractivity contribution in [3.05, 3.63) is 256 Å². The van der Waals surface area contributed by atoms with Crippen LogP contribution in [-0.4, -0.2) is 172 Å². The zero-order chi connectivity index (χ0) is 77.0. The van der Waals surface area contributed by atoms with Crippen molar-refractivity contribution in [1.29, 1.82) is 0 Å². The topological polar surface area (TPSA) is 362 Å². The smallest absolute Gasteiger partial charge is 0.227 e. The molecule has 0 unspecified atom stereocenters. The minimum absolute atomic E-state index is 0.552. The van der Waals surface area contributed by atoms with E-state index in [1.807, 2.05) is 112 Å². The molecule has 28 rings (SSSR count). The van der Waals surface area contributed by atoms with E-state index in [9.17, 15) is 0 Å². The Morgan fingerprint density at radius 2 is 0.427 bits per heavy atom. The SMILES string of the molecule is Cc1nc2n(c1-c1ccccc1)c1nc(C)c(-c3ccccc3)n1c1nc(C)c(-c3ccccc3)n21.c1cc2nc3n(c2cn1)c1nc2ccncc2n1c1nc2ccncc2n31.c1cnc2nc3n(c2c1)c1nc2ncccc2n1c1nc2ncccc2n31.c1ncc2c(n1)nc1n2c2nc3ncncc3n2c2nc3ncncc3n12. The molecule has 0 aliphatic carbocycles. The molecule has 0 amide bonds. The molecule has 552 valence electrons. The van der Waals surface area contributed by atoms with E-state index >= 15 is 0 Å². The number of nitrogens with zero attached hydrogens (tertiary/aromatic N) is 36. The van der Waals surface area contributed by atoms with Gasteiger partial charge in [0.1, 0.15) is 35.5 Å². The summed E-state index contributed by atoms with van der Waals surface area (Å²) in [6.07, 6.45) is 25.3. The second-order valence-electron chi connectivity index (χ2n) is 27.7. The summed E-state index contributed by atoms with van der Waals surface area (Å²) in [5.74, 6) is 8.42. The van der Waals surface area contributed by atoms with Crippen LogP contribution in [0.1, 0.15) is 17.1 Å². The number of rotatable bonds is 3. The van der Waals surface area contributed by atoms with Crippen molar-refractivity contribution in [3.8, 4) is 33.8 Å². The molecule has 0 saturated carbocycles. The minimum atomic E-state index is 0.552. The van der Waals surface area contributed by atoms with Gasteiger partial charge in [0.05, 0.1) is 121 Å².